The van der Waals surface area contributed by atoms with Crippen molar-refractivity contribution in [1.82, 2.24) is 4.90 Å². The molecule has 0 saturated heterocycles. The predicted molar refractivity (Wildman–Crippen MR) is 79.1 cm³/mol. The number of rotatable bonds is 4. The Morgan fingerprint density at radius 1 is 1.21 bits per heavy atom. The van der Waals surface area contributed by atoms with Gasteiger partial charge in [-0.1, -0.05) is 49.6 Å². The second-order valence-corrected chi connectivity index (χ2v) is 5.64. The molecule has 1 aromatic rings. The average Bonchev–Trinajstić information content (AvgIpc) is 2.49. The van der Waals surface area contributed by atoms with Crippen molar-refractivity contribution in [3.63, 3.8) is 0 Å². The Hall–Kier alpha value is -1.31. The zero-order valence-corrected chi connectivity index (χ0v) is 12.1. The van der Waals surface area contributed by atoms with Crippen LogP contribution in [0.5, 0.6) is 0 Å². The predicted octanol–water partition coefficient (Wildman–Crippen LogP) is 3.83. The molecular formula is C17H25NO. The minimum atomic E-state index is 0.0615. The molecule has 0 aromatic heterocycles. The van der Waals surface area contributed by atoms with Gasteiger partial charge in [-0.05, 0) is 31.2 Å². The van der Waals surface area contributed by atoms with Crippen molar-refractivity contribution in [1.29, 1.82) is 0 Å². The van der Waals surface area contributed by atoms with Crippen LogP contribution < -0.4 is 0 Å². The van der Waals surface area contributed by atoms with Gasteiger partial charge in [0.25, 0.3) is 0 Å². The molecule has 104 valence electrons. The van der Waals surface area contributed by atoms with Crippen LogP contribution in [0.25, 0.3) is 0 Å². The molecular weight excluding hydrogens is 234 g/mol. The lowest BCUT2D eigenvalue weighted by molar-refractivity contribution is -0.133. The summed E-state index contributed by atoms with van der Waals surface area (Å²) in [7, 11) is 1.92. The van der Waals surface area contributed by atoms with E-state index >= 15 is 0 Å². The largest absolute Gasteiger partial charge is 0.346 e. The third-order valence-corrected chi connectivity index (χ3v) is 4.40. The molecule has 19 heavy (non-hydrogen) atoms. The van der Waals surface area contributed by atoms with Crippen molar-refractivity contribution in [3.8, 4) is 0 Å². The van der Waals surface area contributed by atoms with Crippen LogP contribution in [0, 0.1) is 5.92 Å². The standard InChI is InChI=1S/C17H25NO/c1-3-18(2)17(19)16(14-10-6-4-7-11-14)15-12-8-5-9-13-15/h4,6-7,10-11,15-16H,3,5,8-9,12-13H2,1-2H3. The highest BCUT2D eigenvalue weighted by Gasteiger charge is 2.32. The Morgan fingerprint density at radius 2 is 1.84 bits per heavy atom. The lowest BCUT2D eigenvalue weighted by Gasteiger charge is -2.32. The summed E-state index contributed by atoms with van der Waals surface area (Å²) in [5, 5.41) is 0. The first kappa shape index (κ1) is 14.1. The molecule has 1 unspecified atom stereocenters. The number of hydrogen-bond donors (Lipinski definition) is 0. The quantitative estimate of drug-likeness (QED) is 0.804. The Kier molecular flexibility index (Phi) is 5.00. The molecule has 0 bridgehead atoms. The first-order valence-electron chi connectivity index (χ1n) is 7.54. The maximum Gasteiger partial charge on any atom is 0.230 e. The number of nitrogens with zero attached hydrogens (tertiary/aromatic N) is 1. The van der Waals surface area contributed by atoms with Crippen LogP contribution in [0.2, 0.25) is 0 Å². The van der Waals surface area contributed by atoms with Gasteiger partial charge in [-0.15, -0.1) is 0 Å². The highest BCUT2D eigenvalue weighted by molar-refractivity contribution is 5.83. The van der Waals surface area contributed by atoms with E-state index in [-0.39, 0.29) is 5.92 Å². The highest BCUT2D eigenvalue weighted by Crippen LogP contribution is 2.37. The molecule has 1 aliphatic rings. The third kappa shape index (κ3) is 3.37. The highest BCUT2D eigenvalue weighted by atomic mass is 16.2. The van der Waals surface area contributed by atoms with Gasteiger partial charge in [-0.3, -0.25) is 4.79 Å². The van der Waals surface area contributed by atoms with E-state index in [4.69, 9.17) is 0 Å². The summed E-state index contributed by atoms with van der Waals surface area (Å²) in [4.78, 5) is 14.6. The van der Waals surface area contributed by atoms with E-state index in [1.807, 2.05) is 37.1 Å². The smallest absolute Gasteiger partial charge is 0.230 e. The van der Waals surface area contributed by atoms with Crippen molar-refractivity contribution in [2.45, 2.75) is 44.9 Å². The van der Waals surface area contributed by atoms with E-state index < -0.39 is 0 Å². The molecule has 2 heteroatoms. The zero-order chi connectivity index (χ0) is 13.7. The second-order valence-electron chi connectivity index (χ2n) is 5.64. The SMILES string of the molecule is CCN(C)C(=O)C(c1ccccc1)C1CCCCC1. The summed E-state index contributed by atoms with van der Waals surface area (Å²) in [6, 6.07) is 10.3. The lowest BCUT2D eigenvalue weighted by atomic mass is 9.76. The van der Waals surface area contributed by atoms with Crippen LogP contribution >= 0.6 is 0 Å². The fourth-order valence-corrected chi connectivity index (χ4v) is 3.14. The van der Waals surface area contributed by atoms with Gasteiger partial charge in [-0.25, -0.2) is 0 Å². The van der Waals surface area contributed by atoms with Crippen molar-refractivity contribution < 1.29 is 4.79 Å². The summed E-state index contributed by atoms with van der Waals surface area (Å²) in [5.74, 6) is 0.879. The van der Waals surface area contributed by atoms with Crippen molar-refractivity contribution in [2.75, 3.05) is 13.6 Å². The van der Waals surface area contributed by atoms with Crippen LogP contribution in [0.3, 0.4) is 0 Å². The maximum absolute atomic E-state index is 12.7. The molecule has 2 rings (SSSR count). The summed E-state index contributed by atoms with van der Waals surface area (Å²) < 4.78 is 0. The molecule has 1 aliphatic carbocycles. The zero-order valence-electron chi connectivity index (χ0n) is 12.1. The van der Waals surface area contributed by atoms with Crippen LogP contribution in [0.1, 0.15) is 50.5 Å². The topological polar surface area (TPSA) is 20.3 Å². The van der Waals surface area contributed by atoms with Gasteiger partial charge >= 0.3 is 0 Å². The van der Waals surface area contributed by atoms with Crippen LogP contribution in [-0.2, 0) is 4.79 Å². The minimum Gasteiger partial charge on any atom is -0.346 e. The Morgan fingerprint density at radius 3 is 2.42 bits per heavy atom. The Balaban J connectivity index is 2.24. The van der Waals surface area contributed by atoms with Crippen LogP contribution in [-0.4, -0.2) is 24.4 Å². The molecule has 1 atom stereocenters. The summed E-state index contributed by atoms with van der Waals surface area (Å²) >= 11 is 0. The Bertz CT molecular complexity index is 395. The first-order valence-corrected chi connectivity index (χ1v) is 7.54. The van der Waals surface area contributed by atoms with Gasteiger partial charge in [-0.2, -0.15) is 0 Å². The van der Waals surface area contributed by atoms with E-state index in [0.717, 1.165) is 6.54 Å². The molecule has 2 nitrogen and oxygen atoms in total. The number of carbonyl (C=O) groups excluding carboxylic acids is 1. The second kappa shape index (κ2) is 6.74. The van der Waals surface area contributed by atoms with Crippen molar-refractivity contribution in [3.05, 3.63) is 35.9 Å². The number of likely N-dealkylation sites (N-methyl/N-ethyl adjacent to an activating group) is 1. The van der Waals surface area contributed by atoms with Gasteiger partial charge in [0.05, 0.1) is 5.92 Å². The monoisotopic (exact) mass is 259 g/mol. The third-order valence-electron chi connectivity index (χ3n) is 4.40. The molecule has 0 N–H and O–H groups in total. The number of hydrogen-bond acceptors (Lipinski definition) is 1. The fraction of sp³-hybridized carbons (Fsp3) is 0.588. The molecule has 0 aliphatic heterocycles. The minimum absolute atomic E-state index is 0.0615. The fourth-order valence-electron chi connectivity index (χ4n) is 3.14. The molecule has 1 fully saturated rings. The summed E-state index contributed by atoms with van der Waals surface area (Å²) in [6.45, 7) is 2.83. The normalized spacial score (nSPS) is 18.0. The van der Waals surface area contributed by atoms with E-state index in [1.54, 1.807) is 0 Å². The molecule has 0 radical (unpaired) electrons. The van der Waals surface area contributed by atoms with E-state index in [9.17, 15) is 4.79 Å². The van der Waals surface area contributed by atoms with Gasteiger partial charge in [0.1, 0.15) is 0 Å². The van der Waals surface area contributed by atoms with Gasteiger partial charge in [0, 0.05) is 13.6 Å². The maximum atomic E-state index is 12.7. The van der Waals surface area contributed by atoms with Crippen molar-refractivity contribution >= 4 is 5.91 Å². The summed E-state index contributed by atoms with van der Waals surface area (Å²) in [5.41, 5.74) is 1.19. The van der Waals surface area contributed by atoms with Crippen LogP contribution in [0.15, 0.2) is 30.3 Å². The molecule has 0 spiro atoms. The lowest BCUT2D eigenvalue weighted by Crippen LogP contribution is -2.35. The van der Waals surface area contributed by atoms with E-state index in [0.29, 0.717) is 11.8 Å². The van der Waals surface area contributed by atoms with Gasteiger partial charge in [0.15, 0.2) is 0 Å². The molecule has 1 saturated carbocycles. The van der Waals surface area contributed by atoms with Gasteiger partial charge < -0.3 is 4.90 Å². The molecule has 1 amide bonds. The summed E-state index contributed by atoms with van der Waals surface area (Å²) in [6.07, 6.45) is 6.27. The Labute approximate surface area is 116 Å². The first-order chi connectivity index (χ1) is 9.24. The van der Waals surface area contributed by atoms with Crippen LogP contribution in [0.4, 0.5) is 0 Å². The number of benzene rings is 1. The van der Waals surface area contributed by atoms with Crippen molar-refractivity contribution in [2.24, 2.45) is 5.92 Å². The van der Waals surface area contributed by atoms with Gasteiger partial charge in [0.2, 0.25) is 5.91 Å². The van der Waals surface area contributed by atoms with E-state index in [1.165, 1.54) is 37.7 Å². The number of carbonyl (C=O) groups is 1. The molecule has 0 heterocycles. The average molecular weight is 259 g/mol. The van der Waals surface area contributed by atoms with E-state index in [2.05, 4.69) is 12.1 Å². The number of amides is 1. The molecule has 1 aromatic carbocycles.